The molecule has 108 valence electrons. The Hall–Kier alpha value is -1.98. The Kier molecular flexibility index (Phi) is 3.61. The number of hydrogen-bond acceptors (Lipinski definition) is 3. The Morgan fingerprint density at radius 2 is 1.48 bits per heavy atom. The highest BCUT2D eigenvalue weighted by molar-refractivity contribution is 7.89. The molecule has 0 aromatic heterocycles. The lowest BCUT2D eigenvalue weighted by Gasteiger charge is -2.23. The molecular formula is C16H15NO3S. The number of nitrogens with zero attached hydrogens (tertiary/aromatic N) is 1. The van der Waals surface area contributed by atoms with Crippen LogP contribution in [0.3, 0.4) is 0 Å². The van der Waals surface area contributed by atoms with Crippen LogP contribution >= 0.6 is 0 Å². The van der Waals surface area contributed by atoms with Gasteiger partial charge in [-0.15, -0.1) is 0 Å². The summed E-state index contributed by atoms with van der Waals surface area (Å²) in [7, 11) is -3.66. The Morgan fingerprint density at radius 1 is 0.905 bits per heavy atom. The third-order valence-electron chi connectivity index (χ3n) is 3.63. The summed E-state index contributed by atoms with van der Waals surface area (Å²) in [6, 6.07) is 17.1. The second kappa shape index (κ2) is 5.42. The molecule has 0 N–H and O–H groups in total. The summed E-state index contributed by atoms with van der Waals surface area (Å²) in [4.78, 5) is 12.0. The van der Waals surface area contributed by atoms with Crippen molar-refractivity contribution in [2.45, 2.75) is 17.4 Å². The van der Waals surface area contributed by atoms with E-state index in [0.717, 1.165) is 5.56 Å². The lowest BCUT2D eigenvalue weighted by molar-refractivity contribution is -0.116. The van der Waals surface area contributed by atoms with Crippen LogP contribution < -0.4 is 0 Å². The van der Waals surface area contributed by atoms with Gasteiger partial charge >= 0.3 is 0 Å². The molecule has 1 atom stereocenters. The van der Waals surface area contributed by atoms with Crippen LogP contribution in [0.25, 0.3) is 0 Å². The quantitative estimate of drug-likeness (QED) is 0.874. The van der Waals surface area contributed by atoms with E-state index in [-0.39, 0.29) is 23.6 Å². The van der Waals surface area contributed by atoms with Gasteiger partial charge in [0.25, 0.3) is 0 Å². The van der Waals surface area contributed by atoms with Crippen LogP contribution in [0.1, 0.15) is 18.0 Å². The van der Waals surface area contributed by atoms with Crippen molar-refractivity contribution in [3.8, 4) is 0 Å². The molecule has 1 saturated heterocycles. The van der Waals surface area contributed by atoms with Gasteiger partial charge in [-0.1, -0.05) is 48.5 Å². The molecular weight excluding hydrogens is 286 g/mol. The van der Waals surface area contributed by atoms with Gasteiger partial charge in [0.2, 0.25) is 10.0 Å². The maximum atomic E-state index is 12.7. The fourth-order valence-electron chi connectivity index (χ4n) is 2.61. The van der Waals surface area contributed by atoms with Gasteiger partial charge < -0.3 is 0 Å². The van der Waals surface area contributed by atoms with Crippen molar-refractivity contribution in [3.63, 3.8) is 0 Å². The summed E-state index contributed by atoms with van der Waals surface area (Å²) in [6.45, 7) is -0.0587. The SMILES string of the molecule is O=C1C[C@@H](c2ccccc2)N(S(=O)(=O)c2ccccc2)C1. The zero-order chi connectivity index (χ0) is 14.9. The van der Waals surface area contributed by atoms with Crippen LogP contribution in [-0.2, 0) is 14.8 Å². The maximum absolute atomic E-state index is 12.7. The van der Waals surface area contributed by atoms with Crippen LogP contribution in [0.4, 0.5) is 0 Å². The van der Waals surface area contributed by atoms with Crippen LogP contribution in [-0.4, -0.2) is 25.1 Å². The number of carbonyl (C=O) groups is 1. The Balaban J connectivity index is 2.02. The van der Waals surface area contributed by atoms with Gasteiger partial charge in [0.1, 0.15) is 5.78 Å². The number of benzene rings is 2. The zero-order valence-corrected chi connectivity index (χ0v) is 12.2. The van der Waals surface area contributed by atoms with E-state index in [0.29, 0.717) is 0 Å². The van der Waals surface area contributed by atoms with Crippen LogP contribution in [0.5, 0.6) is 0 Å². The molecule has 1 heterocycles. The van der Waals surface area contributed by atoms with Crippen LogP contribution in [0, 0.1) is 0 Å². The summed E-state index contributed by atoms with van der Waals surface area (Å²) < 4.78 is 26.8. The second-order valence-corrected chi connectivity index (χ2v) is 6.92. The molecule has 2 aromatic carbocycles. The molecule has 1 fully saturated rings. The minimum Gasteiger partial charge on any atom is -0.298 e. The second-order valence-electron chi connectivity index (χ2n) is 5.03. The minimum absolute atomic E-state index is 0.0524. The first-order valence-electron chi connectivity index (χ1n) is 6.72. The first-order valence-corrected chi connectivity index (χ1v) is 8.16. The van der Waals surface area contributed by atoms with Gasteiger partial charge in [-0.25, -0.2) is 8.42 Å². The van der Waals surface area contributed by atoms with Crippen molar-refractivity contribution < 1.29 is 13.2 Å². The van der Waals surface area contributed by atoms with Crippen LogP contribution in [0.15, 0.2) is 65.6 Å². The summed E-state index contributed by atoms with van der Waals surface area (Å²) >= 11 is 0. The molecule has 0 amide bonds. The molecule has 5 heteroatoms. The highest BCUT2D eigenvalue weighted by Gasteiger charge is 2.40. The third-order valence-corrected chi connectivity index (χ3v) is 5.50. The molecule has 0 spiro atoms. The van der Waals surface area contributed by atoms with E-state index in [1.54, 1.807) is 30.3 Å². The number of sulfonamides is 1. The van der Waals surface area contributed by atoms with Crippen molar-refractivity contribution in [3.05, 3.63) is 66.2 Å². The predicted molar refractivity (Wildman–Crippen MR) is 79.1 cm³/mol. The van der Waals surface area contributed by atoms with Gasteiger partial charge in [0.05, 0.1) is 17.5 Å². The Morgan fingerprint density at radius 3 is 2.10 bits per heavy atom. The average Bonchev–Trinajstić information content (AvgIpc) is 2.92. The van der Waals surface area contributed by atoms with Gasteiger partial charge in [-0.3, -0.25) is 4.79 Å². The highest BCUT2D eigenvalue weighted by Crippen LogP contribution is 2.34. The standard InChI is InChI=1S/C16H15NO3S/c18-14-11-16(13-7-3-1-4-8-13)17(12-14)21(19,20)15-9-5-2-6-10-15/h1-10,16H,11-12H2/t16-/m0/s1. The van der Waals surface area contributed by atoms with Gasteiger partial charge in [-0.05, 0) is 17.7 Å². The number of hydrogen-bond donors (Lipinski definition) is 0. The first-order chi connectivity index (χ1) is 10.1. The van der Waals surface area contributed by atoms with E-state index in [1.165, 1.54) is 4.31 Å². The molecule has 4 nitrogen and oxygen atoms in total. The van der Waals surface area contributed by atoms with Crippen molar-refractivity contribution in [2.75, 3.05) is 6.54 Å². The molecule has 0 aliphatic carbocycles. The third kappa shape index (κ3) is 2.62. The van der Waals surface area contributed by atoms with Gasteiger partial charge in [-0.2, -0.15) is 4.31 Å². The predicted octanol–water partition coefficient (Wildman–Crippen LogP) is 2.39. The zero-order valence-electron chi connectivity index (χ0n) is 11.3. The van der Waals surface area contributed by atoms with E-state index in [9.17, 15) is 13.2 Å². The van der Waals surface area contributed by atoms with E-state index in [2.05, 4.69) is 0 Å². The van der Waals surface area contributed by atoms with Crippen molar-refractivity contribution in [1.82, 2.24) is 4.31 Å². The topological polar surface area (TPSA) is 54.5 Å². The molecule has 0 radical (unpaired) electrons. The van der Waals surface area contributed by atoms with E-state index in [4.69, 9.17) is 0 Å². The van der Waals surface area contributed by atoms with Crippen LogP contribution in [0.2, 0.25) is 0 Å². The summed E-state index contributed by atoms with van der Waals surface area (Å²) in [6.07, 6.45) is 0.232. The molecule has 0 unspecified atom stereocenters. The fraction of sp³-hybridized carbons (Fsp3) is 0.188. The molecule has 1 aliphatic rings. The summed E-state index contributed by atoms with van der Waals surface area (Å²) in [5, 5.41) is 0. The maximum Gasteiger partial charge on any atom is 0.244 e. The molecule has 3 rings (SSSR count). The van der Waals surface area contributed by atoms with Crippen molar-refractivity contribution in [1.29, 1.82) is 0 Å². The Bertz CT molecular complexity index is 742. The monoisotopic (exact) mass is 301 g/mol. The number of ketones is 1. The van der Waals surface area contributed by atoms with E-state index >= 15 is 0 Å². The lowest BCUT2D eigenvalue weighted by atomic mass is 10.1. The normalized spacial score (nSPS) is 19.8. The molecule has 1 aliphatic heterocycles. The highest BCUT2D eigenvalue weighted by atomic mass is 32.2. The van der Waals surface area contributed by atoms with Gasteiger partial charge in [0, 0.05) is 6.42 Å². The Labute approximate surface area is 124 Å². The molecule has 0 bridgehead atoms. The first kappa shape index (κ1) is 14.0. The molecule has 0 saturated carbocycles. The largest absolute Gasteiger partial charge is 0.298 e. The number of rotatable bonds is 3. The number of carbonyl (C=O) groups excluding carboxylic acids is 1. The fourth-order valence-corrected chi connectivity index (χ4v) is 4.22. The van der Waals surface area contributed by atoms with E-state index < -0.39 is 16.1 Å². The minimum atomic E-state index is -3.66. The van der Waals surface area contributed by atoms with E-state index in [1.807, 2.05) is 30.3 Å². The van der Waals surface area contributed by atoms with Gasteiger partial charge in [0.15, 0.2) is 0 Å². The molecule has 21 heavy (non-hydrogen) atoms. The summed E-state index contributed by atoms with van der Waals surface area (Å²) in [5.41, 5.74) is 0.850. The number of Topliss-reactive ketones (excluding diaryl/α,β-unsaturated/α-hetero) is 1. The lowest BCUT2D eigenvalue weighted by Crippen LogP contribution is -2.31. The summed E-state index contributed by atoms with van der Waals surface area (Å²) in [5.74, 6) is -0.0524. The average molecular weight is 301 g/mol. The van der Waals surface area contributed by atoms with Crippen molar-refractivity contribution in [2.24, 2.45) is 0 Å². The smallest absolute Gasteiger partial charge is 0.244 e. The molecule has 2 aromatic rings. The van der Waals surface area contributed by atoms with Crippen molar-refractivity contribution >= 4 is 15.8 Å².